The molecule has 0 unspecified atom stereocenters. The Balaban J connectivity index is 2.10. The molecule has 1 aromatic rings. The van der Waals surface area contributed by atoms with Gasteiger partial charge in [0.15, 0.2) is 5.78 Å². The van der Waals surface area contributed by atoms with E-state index < -0.39 is 11.4 Å². The van der Waals surface area contributed by atoms with Gasteiger partial charge in [-0.15, -0.1) is 0 Å². The van der Waals surface area contributed by atoms with E-state index in [1.165, 1.54) is 12.1 Å². The topological polar surface area (TPSA) is 37.3 Å². The van der Waals surface area contributed by atoms with Gasteiger partial charge < -0.3 is 5.11 Å². The minimum atomic E-state index is -1.20. The van der Waals surface area contributed by atoms with Gasteiger partial charge in [0.2, 0.25) is 0 Å². The van der Waals surface area contributed by atoms with Crippen LogP contribution in [0.15, 0.2) is 18.2 Å². The molecule has 2 rings (SSSR count). The molecule has 0 aromatic heterocycles. The zero-order chi connectivity index (χ0) is 12.5. The minimum Gasteiger partial charge on any atom is -0.382 e. The molecule has 2 nitrogen and oxygen atoms in total. The smallest absolute Gasteiger partial charge is 0.168 e. The fourth-order valence-corrected chi connectivity index (χ4v) is 2.36. The molecular weight excluding hydrogens is 243 g/mol. The third-order valence-corrected chi connectivity index (χ3v) is 3.60. The molecule has 0 radical (unpaired) electrons. The summed E-state index contributed by atoms with van der Waals surface area (Å²) in [5, 5.41) is 10.1. The molecule has 1 fully saturated rings. The summed E-state index contributed by atoms with van der Waals surface area (Å²) in [7, 11) is 0. The number of hydrogen-bond donors (Lipinski definition) is 1. The van der Waals surface area contributed by atoms with Gasteiger partial charge in [-0.25, -0.2) is 4.39 Å². The standard InChI is InChI=1S/C13H14ClFO2/c14-10-4-3-9(7-11(10)15)8-12(16)13(17)5-1-2-6-13/h3-4,7,17H,1-2,5-6,8H2. The molecule has 1 aliphatic carbocycles. The molecular formula is C13H14ClFO2. The first-order chi connectivity index (χ1) is 8.01. The van der Waals surface area contributed by atoms with Crippen LogP contribution in [-0.2, 0) is 11.2 Å². The SMILES string of the molecule is O=C(Cc1ccc(Cl)c(F)c1)C1(O)CCCC1. The lowest BCUT2D eigenvalue weighted by molar-refractivity contribution is -0.136. The van der Waals surface area contributed by atoms with Crippen molar-refractivity contribution in [3.8, 4) is 0 Å². The maximum Gasteiger partial charge on any atom is 0.168 e. The van der Waals surface area contributed by atoms with Crippen LogP contribution in [0.4, 0.5) is 4.39 Å². The Morgan fingerprint density at radius 1 is 1.41 bits per heavy atom. The Kier molecular flexibility index (Phi) is 3.50. The van der Waals surface area contributed by atoms with Crippen molar-refractivity contribution < 1.29 is 14.3 Å². The summed E-state index contributed by atoms with van der Waals surface area (Å²) in [5.41, 5.74) is -0.645. The first-order valence-corrected chi connectivity index (χ1v) is 6.09. The predicted molar refractivity (Wildman–Crippen MR) is 63.5 cm³/mol. The zero-order valence-corrected chi connectivity index (χ0v) is 10.1. The number of halogens is 2. The Morgan fingerprint density at radius 2 is 2.06 bits per heavy atom. The van der Waals surface area contributed by atoms with Gasteiger partial charge in [0, 0.05) is 6.42 Å². The van der Waals surface area contributed by atoms with Crippen LogP contribution in [0.25, 0.3) is 0 Å². The molecule has 0 saturated heterocycles. The van der Waals surface area contributed by atoms with Crippen LogP contribution in [0.3, 0.4) is 0 Å². The Morgan fingerprint density at radius 3 is 2.65 bits per heavy atom. The van der Waals surface area contributed by atoms with Gasteiger partial charge in [-0.1, -0.05) is 17.7 Å². The fraction of sp³-hybridized carbons (Fsp3) is 0.462. The lowest BCUT2D eigenvalue weighted by Crippen LogP contribution is -2.36. The molecule has 0 bridgehead atoms. The number of carbonyl (C=O) groups is 1. The molecule has 0 spiro atoms. The Labute approximate surface area is 104 Å². The molecule has 0 amide bonds. The van der Waals surface area contributed by atoms with Crippen molar-refractivity contribution in [2.24, 2.45) is 0 Å². The summed E-state index contributed by atoms with van der Waals surface area (Å²) in [4.78, 5) is 11.9. The highest BCUT2D eigenvalue weighted by molar-refractivity contribution is 6.30. The normalized spacial score (nSPS) is 18.3. The number of ketones is 1. The van der Waals surface area contributed by atoms with Gasteiger partial charge in [-0.05, 0) is 43.4 Å². The van der Waals surface area contributed by atoms with Gasteiger partial charge in [0.05, 0.1) is 5.02 Å². The second-order valence-electron chi connectivity index (χ2n) is 4.59. The second kappa shape index (κ2) is 4.75. The molecule has 92 valence electrons. The molecule has 0 heterocycles. The number of carbonyl (C=O) groups excluding carboxylic acids is 1. The summed E-state index contributed by atoms with van der Waals surface area (Å²) >= 11 is 5.56. The number of Topliss-reactive ketones (excluding diaryl/α,β-unsaturated/α-hetero) is 1. The summed E-state index contributed by atoms with van der Waals surface area (Å²) in [6.45, 7) is 0. The molecule has 1 aliphatic rings. The number of rotatable bonds is 3. The third-order valence-electron chi connectivity index (χ3n) is 3.30. The maximum atomic E-state index is 13.2. The van der Waals surface area contributed by atoms with E-state index in [1.54, 1.807) is 6.07 Å². The largest absolute Gasteiger partial charge is 0.382 e. The molecule has 17 heavy (non-hydrogen) atoms. The molecule has 1 N–H and O–H groups in total. The second-order valence-corrected chi connectivity index (χ2v) is 4.99. The van der Waals surface area contributed by atoms with Crippen LogP contribution in [0.1, 0.15) is 31.2 Å². The highest BCUT2D eigenvalue weighted by atomic mass is 35.5. The highest BCUT2D eigenvalue weighted by Gasteiger charge is 2.38. The molecule has 0 atom stereocenters. The number of hydrogen-bond acceptors (Lipinski definition) is 2. The van der Waals surface area contributed by atoms with Gasteiger partial charge in [-0.3, -0.25) is 4.79 Å². The zero-order valence-electron chi connectivity index (χ0n) is 9.38. The van der Waals surface area contributed by atoms with Crippen molar-refractivity contribution in [1.82, 2.24) is 0 Å². The summed E-state index contributed by atoms with van der Waals surface area (Å²) in [6.07, 6.45) is 2.84. The summed E-state index contributed by atoms with van der Waals surface area (Å²) in [5.74, 6) is -0.757. The Hall–Kier alpha value is -0.930. The van der Waals surface area contributed by atoms with E-state index in [1.807, 2.05) is 0 Å². The Bertz CT molecular complexity index is 439. The minimum absolute atomic E-state index is 0.0424. The van der Waals surface area contributed by atoms with E-state index in [9.17, 15) is 14.3 Å². The van der Waals surface area contributed by atoms with E-state index in [0.717, 1.165) is 12.8 Å². The van der Waals surface area contributed by atoms with Gasteiger partial charge in [0.25, 0.3) is 0 Å². The van der Waals surface area contributed by atoms with Crippen LogP contribution in [0.5, 0.6) is 0 Å². The van der Waals surface area contributed by atoms with Crippen molar-refractivity contribution in [1.29, 1.82) is 0 Å². The van der Waals surface area contributed by atoms with Crippen LogP contribution in [-0.4, -0.2) is 16.5 Å². The van der Waals surface area contributed by atoms with Gasteiger partial charge in [0.1, 0.15) is 11.4 Å². The number of benzene rings is 1. The summed E-state index contributed by atoms with van der Waals surface area (Å²) in [6, 6.07) is 4.29. The average molecular weight is 257 g/mol. The predicted octanol–water partition coefficient (Wildman–Crippen LogP) is 2.90. The quantitative estimate of drug-likeness (QED) is 0.903. The van der Waals surface area contributed by atoms with Gasteiger partial charge in [-0.2, -0.15) is 0 Å². The molecule has 0 aliphatic heterocycles. The van der Waals surface area contributed by atoms with E-state index in [4.69, 9.17) is 11.6 Å². The van der Waals surface area contributed by atoms with E-state index in [0.29, 0.717) is 18.4 Å². The van der Waals surface area contributed by atoms with Crippen LogP contribution in [0, 0.1) is 5.82 Å². The van der Waals surface area contributed by atoms with E-state index in [-0.39, 0.29) is 17.2 Å². The first-order valence-electron chi connectivity index (χ1n) is 5.71. The van der Waals surface area contributed by atoms with Crippen molar-refractivity contribution in [3.05, 3.63) is 34.6 Å². The monoisotopic (exact) mass is 256 g/mol. The molecule has 4 heteroatoms. The van der Waals surface area contributed by atoms with Gasteiger partial charge >= 0.3 is 0 Å². The average Bonchev–Trinajstić information content (AvgIpc) is 2.72. The lowest BCUT2D eigenvalue weighted by Gasteiger charge is -2.20. The van der Waals surface area contributed by atoms with Crippen molar-refractivity contribution in [2.75, 3.05) is 0 Å². The fourth-order valence-electron chi connectivity index (χ4n) is 2.24. The third kappa shape index (κ3) is 2.67. The molecule has 1 saturated carbocycles. The summed E-state index contributed by atoms with van der Waals surface area (Å²) < 4.78 is 13.2. The highest BCUT2D eigenvalue weighted by Crippen LogP contribution is 2.31. The maximum absolute atomic E-state index is 13.2. The van der Waals surface area contributed by atoms with E-state index >= 15 is 0 Å². The van der Waals surface area contributed by atoms with Crippen LogP contribution < -0.4 is 0 Å². The molecule has 1 aromatic carbocycles. The van der Waals surface area contributed by atoms with Crippen LogP contribution >= 0.6 is 11.6 Å². The lowest BCUT2D eigenvalue weighted by atomic mass is 9.92. The van der Waals surface area contributed by atoms with Crippen LogP contribution in [0.2, 0.25) is 5.02 Å². The number of aliphatic hydroxyl groups is 1. The van der Waals surface area contributed by atoms with E-state index in [2.05, 4.69) is 0 Å². The van der Waals surface area contributed by atoms with Crippen molar-refractivity contribution in [2.45, 2.75) is 37.7 Å². The van der Waals surface area contributed by atoms with Crippen molar-refractivity contribution >= 4 is 17.4 Å². The van der Waals surface area contributed by atoms with Crippen molar-refractivity contribution in [3.63, 3.8) is 0 Å². The first kappa shape index (κ1) is 12.5.